The molecule has 7 nitrogen and oxygen atoms in total. The van der Waals surface area contributed by atoms with Crippen molar-refractivity contribution in [3.8, 4) is 0 Å². The molecule has 2 aromatic rings. The molecule has 0 bridgehead atoms. The van der Waals surface area contributed by atoms with Gasteiger partial charge in [-0.1, -0.05) is 54.6 Å². The number of aryl methyl sites for hydroxylation is 1. The molecule has 8 heteroatoms. The van der Waals surface area contributed by atoms with Crippen LogP contribution in [0, 0.1) is 6.92 Å². The first kappa shape index (κ1) is 23.8. The Labute approximate surface area is 204 Å². The molecule has 1 aromatic heterocycles. The number of rotatable bonds is 8. The summed E-state index contributed by atoms with van der Waals surface area (Å²) in [7, 11) is 1.39. The average molecular weight is 477 g/mol. The van der Waals surface area contributed by atoms with Crippen molar-refractivity contribution in [1.29, 1.82) is 0 Å². The molecule has 34 heavy (non-hydrogen) atoms. The first-order chi connectivity index (χ1) is 16.5. The number of nitrogens with one attached hydrogen (secondary N) is 1. The fourth-order valence-electron chi connectivity index (χ4n) is 4.17. The smallest absolute Gasteiger partial charge is 0.338 e. The molecule has 2 aliphatic rings. The van der Waals surface area contributed by atoms with Crippen molar-refractivity contribution in [2.24, 2.45) is 4.99 Å². The first-order valence-corrected chi connectivity index (χ1v) is 12.2. The number of aromatic nitrogens is 1. The molecule has 0 saturated carbocycles. The van der Waals surface area contributed by atoms with Crippen LogP contribution in [0.5, 0.6) is 0 Å². The Bertz CT molecular complexity index is 1170. The highest BCUT2D eigenvalue weighted by atomic mass is 32.2. The Morgan fingerprint density at radius 3 is 2.76 bits per heavy atom. The van der Waals surface area contributed by atoms with E-state index in [2.05, 4.69) is 16.4 Å². The van der Waals surface area contributed by atoms with Crippen LogP contribution in [-0.4, -0.2) is 40.6 Å². The molecule has 1 aromatic carbocycles. The van der Waals surface area contributed by atoms with Crippen LogP contribution in [0.25, 0.3) is 0 Å². The van der Waals surface area contributed by atoms with Crippen LogP contribution < -0.4 is 5.32 Å². The molecular weight excluding hydrogens is 448 g/mol. The van der Waals surface area contributed by atoms with Gasteiger partial charge in [-0.2, -0.15) is 0 Å². The summed E-state index contributed by atoms with van der Waals surface area (Å²) < 4.78 is 5.16. The van der Waals surface area contributed by atoms with Crippen molar-refractivity contribution in [1.82, 2.24) is 15.2 Å². The highest BCUT2D eigenvalue weighted by molar-refractivity contribution is 8.16. The number of fused-ring (bicyclic) bond motifs is 1. The predicted octanol–water partition coefficient (Wildman–Crippen LogP) is 4.28. The number of carbonyl (C=O) groups excluding carboxylic acids is 2. The molecule has 0 aliphatic carbocycles. The zero-order valence-corrected chi connectivity index (χ0v) is 20.4. The molecule has 1 N–H and O–H groups in total. The molecule has 1 amide bonds. The summed E-state index contributed by atoms with van der Waals surface area (Å²) in [5.41, 5.74) is 5.02. The molecule has 3 heterocycles. The normalized spacial score (nSPS) is 17.1. The number of hydrogen-bond donors (Lipinski definition) is 1. The highest BCUT2D eigenvalue weighted by Gasteiger charge is 2.41. The zero-order chi connectivity index (χ0) is 24.1. The van der Waals surface area contributed by atoms with Gasteiger partial charge in [0.1, 0.15) is 0 Å². The van der Waals surface area contributed by atoms with E-state index in [9.17, 15) is 9.59 Å². The maximum atomic E-state index is 12.9. The van der Waals surface area contributed by atoms with E-state index in [0.717, 1.165) is 27.7 Å². The Kier molecular flexibility index (Phi) is 7.47. The van der Waals surface area contributed by atoms with Gasteiger partial charge in [-0.05, 0) is 36.4 Å². The van der Waals surface area contributed by atoms with Gasteiger partial charge in [-0.25, -0.2) is 9.79 Å². The van der Waals surface area contributed by atoms with Gasteiger partial charge in [0.05, 0.1) is 30.8 Å². The third kappa shape index (κ3) is 5.07. The number of nitrogens with zero attached hydrogens (tertiary/aromatic N) is 3. The second-order valence-electron chi connectivity index (χ2n) is 8.11. The monoisotopic (exact) mass is 476 g/mol. The Balaban J connectivity index is 1.57. The number of aliphatic imine (C=N–C) groups is 1. The van der Waals surface area contributed by atoms with Crippen LogP contribution in [0.4, 0.5) is 0 Å². The molecule has 176 valence electrons. The number of benzene rings is 1. The molecule has 0 saturated heterocycles. The number of thioether (sulfide) groups is 1. The lowest BCUT2D eigenvalue weighted by atomic mass is 9.92. The van der Waals surface area contributed by atoms with E-state index >= 15 is 0 Å². The van der Waals surface area contributed by atoms with E-state index in [-0.39, 0.29) is 12.3 Å². The number of methoxy groups -OCH3 is 1. The molecule has 1 unspecified atom stereocenters. The minimum atomic E-state index is -0.405. The standard InChI is InChI=1S/C26H28N4O3S/c1-4-21-23(25(32)33-3)24(18-9-7-8-17(2)14-18)30-20(16-34-26(30)29-21)15-22(31)28-13-11-19-10-5-6-12-27-19/h5-10,12,14,16,24H,4,11,13,15H2,1-3H3,(H,28,31). The zero-order valence-electron chi connectivity index (χ0n) is 19.6. The Morgan fingerprint density at radius 2 is 2.06 bits per heavy atom. The SMILES string of the molecule is CCC1=C(C(=O)OC)C(c2cccc(C)c2)N2C(CC(=O)NCCc3ccccn3)=CSC2=N1. The van der Waals surface area contributed by atoms with Crippen molar-refractivity contribution < 1.29 is 14.3 Å². The van der Waals surface area contributed by atoms with E-state index in [4.69, 9.17) is 9.73 Å². The maximum Gasteiger partial charge on any atom is 0.338 e. The van der Waals surface area contributed by atoms with Crippen LogP contribution in [-0.2, 0) is 20.7 Å². The minimum absolute atomic E-state index is 0.0862. The predicted molar refractivity (Wildman–Crippen MR) is 134 cm³/mol. The second-order valence-corrected chi connectivity index (χ2v) is 8.95. The van der Waals surface area contributed by atoms with Gasteiger partial charge in [-0.3, -0.25) is 9.78 Å². The molecule has 2 aliphatic heterocycles. The summed E-state index contributed by atoms with van der Waals surface area (Å²) in [4.78, 5) is 36.8. The quantitative estimate of drug-likeness (QED) is 0.573. The number of ether oxygens (including phenoxy) is 1. The highest BCUT2D eigenvalue weighted by Crippen LogP contribution is 2.45. The van der Waals surface area contributed by atoms with Gasteiger partial charge in [0.25, 0.3) is 0 Å². The van der Waals surface area contributed by atoms with Crippen LogP contribution in [0.3, 0.4) is 0 Å². The molecule has 0 fully saturated rings. The van der Waals surface area contributed by atoms with Gasteiger partial charge in [0.15, 0.2) is 5.17 Å². The van der Waals surface area contributed by atoms with Crippen molar-refractivity contribution in [2.45, 2.75) is 39.2 Å². The Morgan fingerprint density at radius 1 is 1.21 bits per heavy atom. The topological polar surface area (TPSA) is 83.9 Å². The van der Waals surface area contributed by atoms with Gasteiger partial charge >= 0.3 is 5.97 Å². The summed E-state index contributed by atoms with van der Waals surface area (Å²) in [6, 6.07) is 13.4. The van der Waals surface area contributed by atoms with Crippen LogP contribution in [0.2, 0.25) is 0 Å². The number of allylic oxidation sites excluding steroid dienone is 1. The molecule has 4 rings (SSSR count). The average Bonchev–Trinajstić information content (AvgIpc) is 3.25. The number of pyridine rings is 1. The molecular formula is C26H28N4O3S. The number of hydrogen-bond acceptors (Lipinski definition) is 7. The molecule has 1 atom stereocenters. The van der Waals surface area contributed by atoms with E-state index < -0.39 is 12.0 Å². The Hall–Kier alpha value is -3.39. The van der Waals surface area contributed by atoms with Gasteiger partial charge in [-0.15, -0.1) is 0 Å². The largest absolute Gasteiger partial charge is 0.466 e. The van der Waals surface area contributed by atoms with Gasteiger partial charge in [0, 0.05) is 30.6 Å². The fraction of sp³-hybridized carbons (Fsp3) is 0.308. The third-order valence-electron chi connectivity index (χ3n) is 5.76. The number of carbonyl (C=O) groups is 2. The van der Waals surface area contributed by atoms with E-state index in [1.165, 1.54) is 18.9 Å². The van der Waals surface area contributed by atoms with E-state index in [1.807, 2.05) is 60.6 Å². The molecule has 0 spiro atoms. The van der Waals surface area contributed by atoms with Crippen molar-refractivity contribution >= 4 is 28.8 Å². The molecule has 0 radical (unpaired) electrons. The van der Waals surface area contributed by atoms with Crippen LogP contribution in [0.15, 0.2) is 76.0 Å². The van der Waals surface area contributed by atoms with Crippen LogP contribution >= 0.6 is 11.8 Å². The minimum Gasteiger partial charge on any atom is -0.466 e. The summed E-state index contributed by atoms with van der Waals surface area (Å²) in [6.07, 6.45) is 3.20. The maximum absolute atomic E-state index is 12.9. The summed E-state index contributed by atoms with van der Waals surface area (Å²) >= 11 is 1.48. The van der Waals surface area contributed by atoms with Crippen molar-refractivity contribution in [3.05, 3.63) is 87.9 Å². The summed E-state index contributed by atoms with van der Waals surface area (Å²) in [6.45, 7) is 4.51. The number of amides is 1. The van der Waals surface area contributed by atoms with Gasteiger partial charge < -0.3 is 15.0 Å². The lowest BCUT2D eigenvalue weighted by Crippen LogP contribution is -2.38. The van der Waals surface area contributed by atoms with E-state index in [1.54, 1.807) is 6.20 Å². The van der Waals surface area contributed by atoms with Crippen LogP contribution in [0.1, 0.15) is 42.6 Å². The number of esters is 1. The lowest BCUT2D eigenvalue weighted by molar-refractivity contribution is -0.136. The summed E-state index contributed by atoms with van der Waals surface area (Å²) in [5.74, 6) is -0.487. The first-order valence-electron chi connectivity index (χ1n) is 11.3. The van der Waals surface area contributed by atoms with Crippen molar-refractivity contribution in [3.63, 3.8) is 0 Å². The fourth-order valence-corrected chi connectivity index (χ4v) is 5.11. The summed E-state index contributed by atoms with van der Waals surface area (Å²) in [5, 5.41) is 5.71. The third-order valence-corrected chi connectivity index (χ3v) is 6.65. The van der Waals surface area contributed by atoms with Crippen molar-refractivity contribution in [2.75, 3.05) is 13.7 Å². The van der Waals surface area contributed by atoms with E-state index in [0.29, 0.717) is 30.7 Å². The lowest BCUT2D eigenvalue weighted by Gasteiger charge is -2.36. The van der Waals surface area contributed by atoms with Gasteiger partial charge in [0.2, 0.25) is 5.91 Å². The number of amidine groups is 1. The second kappa shape index (κ2) is 10.7.